The molecule has 0 aliphatic carbocycles. The molecule has 2 aromatic rings. The number of imidazole rings is 1. The summed E-state index contributed by atoms with van der Waals surface area (Å²) in [4.78, 5) is 17.8. The number of amides is 1. The van der Waals surface area contributed by atoms with Gasteiger partial charge in [0, 0.05) is 26.5 Å². The second kappa shape index (κ2) is 5.52. The van der Waals surface area contributed by atoms with Crippen molar-refractivity contribution in [3.8, 4) is 0 Å². The van der Waals surface area contributed by atoms with Crippen LogP contribution in [0.15, 0.2) is 35.1 Å². The van der Waals surface area contributed by atoms with Crippen molar-refractivity contribution in [2.24, 2.45) is 7.05 Å². The summed E-state index contributed by atoms with van der Waals surface area (Å²) in [7, 11) is 3.47. The van der Waals surface area contributed by atoms with Crippen molar-refractivity contribution < 1.29 is 9.18 Å². The molecule has 6 heteroatoms. The Labute approximate surface area is 119 Å². The Morgan fingerprint density at radius 2 is 2.26 bits per heavy atom. The Morgan fingerprint density at radius 1 is 1.53 bits per heavy atom. The quantitative estimate of drug-likeness (QED) is 0.870. The summed E-state index contributed by atoms with van der Waals surface area (Å²) in [6.45, 7) is 0.328. The highest BCUT2D eigenvalue weighted by atomic mass is 79.9. The number of aryl methyl sites for hydroxylation is 1. The van der Waals surface area contributed by atoms with Crippen LogP contribution in [0, 0.1) is 5.82 Å². The van der Waals surface area contributed by atoms with Crippen LogP contribution in [0.25, 0.3) is 0 Å². The summed E-state index contributed by atoms with van der Waals surface area (Å²) in [5, 5.41) is 0. The lowest BCUT2D eigenvalue weighted by Gasteiger charge is -2.17. The normalized spacial score (nSPS) is 10.5. The van der Waals surface area contributed by atoms with Crippen molar-refractivity contribution in [1.82, 2.24) is 14.5 Å². The van der Waals surface area contributed by atoms with E-state index in [2.05, 4.69) is 20.9 Å². The highest BCUT2D eigenvalue weighted by Crippen LogP contribution is 2.20. The standard InChI is InChI=1S/C13H13BrFN3O/c1-17-7-6-16-11(17)8-18(2)13(19)9-4-3-5-10(14)12(9)15/h3-7H,8H2,1-2H3. The summed E-state index contributed by atoms with van der Waals surface area (Å²) in [5.74, 6) is -0.174. The van der Waals surface area contributed by atoms with Crippen molar-refractivity contribution >= 4 is 21.8 Å². The summed E-state index contributed by atoms with van der Waals surface area (Å²) in [6.07, 6.45) is 3.46. The predicted octanol–water partition coefficient (Wildman–Crippen LogP) is 2.59. The molecule has 0 atom stereocenters. The van der Waals surface area contributed by atoms with E-state index in [0.29, 0.717) is 6.54 Å². The van der Waals surface area contributed by atoms with Crippen LogP contribution in [-0.2, 0) is 13.6 Å². The van der Waals surface area contributed by atoms with E-state index in [-0.39, 0.29) is 15.9 Å². The minimum Gasteiger partial charge on any atom is -0.337 e. The van der Waals surface area contributed by atoms with Gasteiger partial charge in [0.05, 0.1) is 16.6 Å². The number of carbonyl (C=O) groups is 1. The lowest BCUT2D eigenvalue weighted by Crippen LogP contribution is -2.28. The lowest BCUT2D eigenvalue weighted by atomic mass is 10.2. The average molecular weight is 326 g/mol. The van der Waals surface area contributed by atoms with E-state index in [4.69, 9.17) is 0 Å². The first-order chi connectivity index (χ1) is 9.00. The number of carbonyl (C=O) groups excluding carboxylic acids is 1. The highest BCUT2D eigenvalue weighted by Gasteiger charge is 2.18. The molecule has 0 aliphatic heterocycles. The number of nitrogens with zero attached hydrogens (tertiary/aromatic N) is 3. The number of hydrogen-bond acceptors (Lipinski definition) is 2. The molecule has 0 radical (unpaired) electrons. The van der Waals surface area contributed by atoms with Crippen LogP contribution >= 0.6 is 15.9 Å². The van der Waals surface area contributed by atoms with Crippen molar-refractivity contribution in [3.63, 3.8) is 0 Å². The summed E-state index contributed by atoms with van der Waals surface area (Å²) >= 11 is 3.07. The summed E-state index contributed by atoms with van der Waals surface area (Å²) in [6, 6.07) is 4.66. The molecule has 0 saturated heterocycles. The number of halogens is 2. The van der Waals surface area contributed by atoms with E-state index < -0.39 is 5.82 Å². The van der Waals surface area contributed by atoms with Gasteiger partial charge in [0.25, 0.3) is 5.91 Å². The Kier molecular flexibility index (Phi) is 3.99. The van der Waals surface area contributed by atoms with Gasteiger partial charge in [-0.25, -0.2) is 9.37 Å². The summed E-state index contributed by atoms with van der Waals surface area (Å²) in [5.41, 5.74) is 0.0473. The molecule has 0 spiro atoms. The van der Waals surface area contributed by atoms with Crippen LogP contribution in [0.3, 0.4) is 0 Å². The van der Waals surface area contributed by atoms with Gasteiger partial charge in [-0.2, -0.15) is 0 Å². The number of rotatable bonds is 3. The molecule has 0 bridgehead atoms. The lowest BCUT2D eigenvalue weighted by molar-refractivity contribution is 0.0775. The molecule has 0 saturated carbocycles. The molecule has 1 aromatic carbocycles. The van der Waals surface area contributed by atoms with E-state index in [1.54, 1.807) is 31.6 Å². The molecule has 4 nitrogen and oxygen atoms in total. The number of aromatic nitrogens is 2. The molecule has 0 N–H and O–H groups in total. The Hall–Kier alpha value is -1.69. The fourth-order valence-corrected chi connectivity index (χ4v) is 2.07. The third-order valence-electron chi connectivity index (χ3n) is 2.83. The second-order valence-corrected chi connectivity index (χ2v) is 5.07. The zero-order chi connectivity index (χ0) is 14.0. The molecule has 0 aliphatic rings. The zero-order valence-electron chi connectivity index (χ0n) is 10.6. The third kappa shape index (κ3) is 2.84. The molecule has 2 rings (SSSR count). The third-order valence-corrected chi connectivity index (χ3v) is 3.44. The van der Waals surface area contributed by atoms with E-state index in [1.165, 1.54) is 11.0 Å². The van der Waals surface area contributed by atoms with Gasteiger partial charge in [0.2, 0.25) is 0 Å². The van der Waals surface area contributed by atoms with Gasteiger partial charge in [-0.1, -0.05) is 6.07 Å². The topological polar surface area (TPSA) is 38.1 Å². The maximum absolute atomic E-state index is 13.9. The number of benzene rings is 1. The average Bonchev–Trinajstić information content (AvgIpc) is 2.77. The SMILES string of the molecule is CN(Cc1nccn1C)C(=O)c1cccc(Br)c1F. The van der Waals surface area contributed by atoms with Crippen LogP contribution < -0.4 is 0 Å². The van der Waals surface area contributed by atoms with Crippen molar-refractivity contribution in [3.05, 3.63) is 52.3 Å². The van der Waals surface area contributed by atoms with Crippen LogP contribution in [-0.4, -0.2) is 27.4 Å². The van der Waals surface area contributed by atoms with Gasteiger partial charge in [0.1, 0.15) is 11.6 Å². The van der Waals surface area contributed by atoms with Crippen LogP contribution in [0.2, 0.25) is 0 Å². The van der Waals surface area contributed by atoms with Gasteiger partial charge in [-0.15, -0.1) is 0 Å². The van der Waals surface area contributed by atoms with E-state index in [0.717, 1.165) is 5.82 Å². The molecule has 1 aromatic heterocycles. The molecule has 1 heterocycles. The molecule has 100 valence electrons. The van der Waals surface area contributed by atoms with Crippen molar-refractivity contribution in [1.29, 1.82) is 0 Å². The maximum atomic E-state index is 13.9. The Morgan fingerprint density at radius 3 is 2.89 bits per heavy atom. The van der Waals surface area contributed by atoms with Crippen molar-refractivity contribution in [2.75, 3.05) is 7.05 Å². The Bertz CT molecular complexity index is 612. The largest absolute Gasteiger partial charge is 0.337 e. The van der Waals surface area contributed by atoms with E-state index in [1.807, 2.05) is 11.6 Å². The highest BCUT2D eigenvalue weighted by molar-refractivity contribution is 9.10. The maximum Gasteiger partial charge on any atom is 0.257 e. The molecular weight excluding hydrogens is 313 g/mol. The minimum atomic E-state index is -0.542. The van der Waals surface area contributed by atoms with Crippen LogP contribution in [0.5, 0.6) is 0 Å². The smallest absolute Gasteiger partial charge is 0.257 e. The first-order valence-corrected chi connectivity index (χ1v) is 6.45. The monoisotopic (exact) mass is 325 g/mol. The van der Waals surface area contributed by atoms with Gasteiger partial charge in [-0.05, 0) is 28.1 Å². The second-order valence-electron chi connectivity index (χ2n) is 4.22. The minimum absolute atomic E-state index is 0.0473. The van der Waals surface area contributed by atoms with Gasteiger partial charge in [-0.3, -0.25) is 4.79 Å². The molecular formula is C13H13BrFN3O. The zero-order valence-corrected chi connectivity index (χ0v) is 12.2. The van der Waals surface area contributed by atoms with Crippen LogP contribution in [0.4, 0.5) is 4.39 Å². The first kappa shape index (κ1) is 13.7. The van der Waals surface area contributed by atoms with Gasteiger partial charge in [0.15, 0.2) is 0 Å². The van der Waals surface area contributed by atoms with Gasteiger partial charge < -0.3 is 9.47 Å². The van der Waals surface area contributed by atoms with Gasteiger partial charge >= 0.3 is 0 Å². The molecule has 19 heavy (non-hydrogen) atoms. The van der Waals surface area contributed by atoms with Crippen molar-refractivity contribution in [2.45, 2.75) is 6.54 Å². The molecule has 0 unspecified atom stereocenters. The number of hydrogen-bond donors (Lipinski definition) is 0. The molecule has 0 fully saturated rings. The molecule has 1 amide bonds. The van der Waals surface area contributed by atoms with E-state index in [9.17, 15) is 9.18 Å². The fraction of sp³-hybridized carbons (Fsp3) is 0.231. The predicted molar refractivity (Wildman–Crippen MR) is 73.1 cm³/mol. The van der Waals surface area contributed by atoms with E-state index >= 15 is 0 Å². The first-order valence-electron chi connectivity index (χ1n) is 5.66. The summed E-state index contributed by atoms with van der Waals surface area (Å²) < 4.78 is 16.0. The Balaban J connectivity index is 2.20. The van der Waals surface area contributed by atoms with Crippen LogP contribution in [0.1, 0.15) is 16.2 Å². The fourth-order valence-electron chi connectivity index (χ4n) is 1.71.